The Kier molecular flexibility index (Phi) is 6.39. The smallest absolute Gasteiger partial charge is 0.246 e. The van der Waals surface area contributed by atoms with Crippen molar-refractivity contribution in [1.29, 1.82) is 0 Å². The molecule has 0 unspecified atom stereocenters. The van der Waals surface area contributed by atoms with Gasteiger partial charge in [0, 0.05) is 38.8 Å². The number of rotatable bonds is 6. The summed E-state index contributed by atoms with van der Waals surface area (Å²) in [6.45, 7) is 5.67. The van der Waals surface area contributed by atoms with E-state index in [1.807, 2.05) is 0 Å². The standard InChI is InChI=1S/C18H28N2O5S/c1-23-16-3-4-18(17(13-16)24-2)26(21,22)20-7-5-15(6-8-20)14-19-9-11-25-12-10-19/h3-4,13,15H,5-12,14H2,1-2H3. The molecule has 3 rings (SSSR count). The number of hydrogen-bond acceptors (Lipinski definition) is 6. The van der Waals surface area contributed by atoms with Crippen LogP contribution in [0, 0.1) is 5.92 Å². The molecule has 0 aromatic heterocycles. The number of benzene rings is 1. The van der Waals surface area contributed by atoms with Crippen LogP contribution in [0.15, 0.2) is 23.1 Å². The third kappa shape index (κ3) is 4.31. The fourth-order valence-electron chi connectivity index (χ4n) is 3.61. The number of piperidine rings is 1. The molecule has 2 fully saturated rings. The maximum atomic E-state index is 13.0. The average Bonchev–Trinajstić information content (AvgIpc) is 2.68. The molecule has 2 aliphatic heterocycles. The van der Waals surface area contributed by atoms with E-state index in [1.165, 1.54) is 7.11 Å². The second-order valence-electron chi connectivity index (χ2n) is 6.78. The van der Waals surface area contributed by atoms with Crippen molar-refractivity contribution in [2.24, 2.45) is 5.92 Å². The number of sulfonamides is 1. The molecule has 0 N–H and O–H groups in total. The Balaban J connectivity index is 1.64. The summed E-state index contributed by atoms with van der Waals surface area (Å²) in [6, 6.07) is 4.82. The zero-order valence-electron chi connectivity index (χ0n) is 15.5. The van der Waals surface area contributed by atoms with E-state index in [-0.39, 0.29) is 4.90 Å². The van der Waals surface area contributed by atoms with Gasteiger partial charge in [-0.2, -0.15) is 4.31 Å². The quantitative estimate of drug-likeness (QED) is 0.739. The minimum absolute atomic E-state index is 0.201. The van der Waals surface area contributed by atoms with Crippen molar-refractivity contribution in [1.82, 2.24) is 9.21 Å². The Bertz CT molecular complexity index is 696. The monoisotopic (exact) mass is 384 g/mol. The first kappa shape index (κ1) is 19.4. The lowest BCUT2D eigenvalue weighted by Gasteiger charge is -2.35. The highest BCUT2D eigenvalue weighted by atomic mass is 32.2. The van der Waals surface area contributed by atoms with Crippen molar-refractivity contribution in [3.05, 3.63) is 18.2 Å². The van der Waals surface area contributed by atoms with E-state index in [1.54, 1.807) is 29.6 Å². The predicted molar refractivity (Wildman–Crippen MR) is 98.3 cm³/mol. The Labute approximate surface area is 155 Å². The molecule has 1 aromatic rings. The van der Waals surface area contributed by atoms with E-state index >= 15 is 0 Å². The van der Waals surface area contributed by atoms with Gasteiger partial charge in [0.05, 0.1) is 27.4 Å². The lowest BCUT2D eigenvalue weighted by molar-refractivity contribution is 0.0269. The van der Waals surface area contributed by atoms with Crippen molar-refractivity contribution in [3.8, 4) is 11.5 Å². The minimum atomic E-state index is -3.57. The summed E-state index contributed by atoms with van der Waals surface area (Å²) in [5, 5.41) is 0. The van der Waals surface area contributed by atoms with Crippen LogP contribution in [-0.4, -0.2) is 77.8 Å². The molecule has 0 radical (unpaired) electrons. The van der Waals surface area contributed by atoms with Crippen LogP contribution >= 0.6 is 0 Å². The van der Waals surface area contributed by atoms with Gasteiger partial charge in [0.2, 0.25) is 10.0 Å². The van der Waals surface area contributed by atoms with Crippen LogP contribution in [0.3, 0.4) is 0 Å². The molecule has 0 atom stereocenters. The predicted octanol–water partition coefficient (Wildman–Crippen LogP) is 1.44. The number of nitrogens with zero attached hydrogens (tertiary/aromatic N) is 2. The zero-order valence-corrected chi connectivity index (χ0v) is 16.3. The highest BCUT2D eigenvalue weighted by Gasteiger charge is 2.32. The van der Waals surface area contributed by atoms with Crippen molar-refractivity contribution >= 4 is 10.0 Å². The molecule has 26 heavy (non-hydrogen) atoms. The molecule has 7 nitrogen and oxygen atoms in total. The fraction of sp³-hybridized carbons (Fsp3) is 0.667. The number of methoxy groups -OCH3 is 2. The molecule has 0 aliphatic carbocycles. The van der Waals surface area contributed by atoms with Crippen molar-refractivity contribution in [2.45, 2.75) is 17.7 Å². The molecular weight excluding hydrogens is 356 g/mol. The number of hydrogen-bond donors (Lipinski definition) is 0. The van der Waals surface area contributed by atoms with E-state index in [9.17, 15) is 8.42 Å². The second-order valence-corrected chi connectivity index (χ2v) is 8.68. The highest BCUT2D eigenvalue weighted by Crippen LogP contribution is 2.32. The van der Waals surface area contributed by atoms with Crippen LogP contribution < -0.4 is 9.47 Å². The van der Waals surface area contributed by atoms with Crippen LogP contribution in [-0.2, 0) is 14.8 Å². The van der Waals surface area contributed by atoms with E-state index in [0.717, 1.165) is 45.7 Å². The minimum Gasteiger partial charge on any atom is -0.497 e. The molecule has 0 spiro atoms. The molecule has 8 heteroatoms. The number of ether oxygens (including phenoxy) is 3. The largest absolute Gasteiger partial charge is 0.497 e. The summed E-state index contributed by atoms with van der Waals surface area (Å²) < 4.78 is 43.5. The molecule has 2 heterocycles. The van der Waals surface area contributed by atoms with Crippen molar-refractivity contribution in [3.63, 3.8) is 0 Å². The Hall–Kier alpha value is -1.35. The van der Waals surface area contributed by atoms with Gasteiger partial charge >= 0.3 is 0 Å². The van der Waals surface area contributed by atoms with Gasteiger partial charge in [-0.3, -0.25) is 4.90 Å². The van der Waals surface area contributed by atoms with Gasteiger partial charge in [-0.1, -0.05) is 0 Å². The lowest BCUT2D eigenvalue weighted by atomic mass is 9.97. The average molecular weight is 384 g/mol. The summed E-state index contributed by atoms with van der Waals surface area (Å²) in [7, 11) is -0.549. The zero-order chi connectivity index (χ0) is 18.6. The van der Waals surface area contributed by atoms with Crippen LogP contribution in [0.4, 0.5) is 0 Å². The topological polar surface area (TPSA) is 68.3 Å². The third-order valence-corrected chi connectivity index (χ3v) is 7.12. The lowest BCUT2D eigenvalue weighted by Crippen LogP contribution is -2.44. The molecule has 1 aromatic carbocycles. The second kappa shape index (κ2) is 8.56. The summed E-state index contributed by atoms with van der Waals surface area (Å²) in [5.74, 6) is 1.43. The molecule has 2 saturated heterocycles. The summed E-state index contributed by atoms with van der Waals surface area (Å²) >= 11 is 0. The van der Waals surface area contributed by atoms with E-state index in [0.29, 0.717) is 30.5 Å². The maximum Gasteiger partial charge on any atom is 0.246 e. The van der Waals surface area contributed by atoms with E-state index in [4.69, 9.17) is 14.2 Å². The SMILES string of the molecule is COc1ccc(S(=O)(=O)N2CCC(CN3CCOCC3)CC2)c(OC)c1. The normalized spacial score (nSPS) is 20.8. The Morgan fingerprint density at radius 1 is 1.08 bits per heavy atom. The van der Waals surface area contributed by atoms with Crippen LogP contribution in [0.25, 0.3) is 0 Å². The van der Waals surface area contributed by atoms with Crippen molar-refractivity contribution in [2.75, 3.05) is 60.2 Å². The summed E-state index contributed by atoms with van der Waals surface area (Å²) in [4.78, 5) is 2.62. The van der Waals surface area contributed by atoms with Gasteiger partial charge in [0.25, 0.3) is 0 Å². The van der Waals surface area contributed by atoms with Gasteiger partial charge in [-0.05, 0) is 30.9 Å². The number of morpholine rings is 1. The summed E-state index contributed by atoms with van der Waals surface area (Å²) in [5.41, 5.74) is 0. The van der Waals surface area contributed by atoms with Crippen LogP contribution in [0.5, 0.6) is 11.5 Å². The molecule has 0 saturated carbocycles. The maximum absolute atomic E-state index is 13.0. The first-order chi connectivity index (χ1) is 12.5. The molecule has 2 aliphatic rings. The van der Waals surface area contributed by atoms with E-state index in [2.05, 4.69) is 4.90 Å². The van der Waals surface area contributed by atoms with Crippen LogP contribution in [0.1, 0.15) is 12.8 Å². The van der Waals surface area contributed by atoms with E-state index < -0.39 is 10.0 Å². The van der Waals surface area contributed by atoms with Crippen LogP contribution in [0.2, 0.25) is 0 Å². The molecule has 0 amide bonds. The molecule has 0 bridgehead atoms. The van der Waals surface area contributed by atoms with Crippen molar-refractivity contribution < 1.29 is 22.6 Å². The first-order valence-corrected chi connectivity index (χ1v) is 10.5. The Morgan fingerprint density at radius 2 is 1.77 bits per heavy atom. The summed E-state index contributed by atoms with van der Waals surface area (Å²) in [6.07, 6.45) is 1.77. The van der Waals surface area contributed by atoms with Gasteiger partial charge in [0.15, 0.2) is 0 Å². The Morgan fingerprint density at radius 3 is 2.38 bits per heavy atom. The fourth-order valence-corrected chi connectivity index (χ4v) is 5.21. The van der Waals surface area contributed by atoms with Gasteiger partial charge in [-0.15, -0.1) is 0 Å². The molecular formula is C18H28N2O5S. The third-order valence-electron chi connectivity index (χ3n) is 5.18. The first-order valence-electron chi connectivity index (χ1n) is 9.07. The van der Waals surface area contributed by atoms with Gasteiger partial charge < -0.3 is 14.2 Å². The van der Waals surface area contributed by atoms with Gasteiger partial charge in [0.1, 0.15) is 16.4 Å². The highest BCUT2D eigenvalue weighted by molar-refractivity contribution is 7.89. The molecule has 146 valence electrons. The van der Waals surface area contributed by atoms with Gasteiger partial charge in [-0.25, -0.2) is 8.42 Å².